The Hall–Kier alpha value is -2.03. The predicted octanol–water partition coefficient (Wildman–Crippen LogP) is 5.16. The number of hydrogen-bond donors (Lipinski definition) is 1. The van der Waals surface area contributed by atoms with E-state index >= 15 is 0 Å². The minimum Gasteiger partial charge on any atom is -0.325 e. The maximum Gasteiger partial charge on any atom is 0.237 e. The first-order valence-corrected chi connectivity index (χ1v) is 10.3. The summed E-state index contributed by atoms with van der Waals surface area (Å²) in [5.41, 5.74) is 4.43. The molecule has 3 rings (SSSR count). The molecule has 1 amide bonds. The number of nitrogens with one attached hydrogen (secondary N) is 1. The molecule has 1 aliphatic carbocycles. The van der Waals surface area contributed by atoms with Crippen LogP contribution in [0.1, 0.15) is 42.7 Å². The molecule has 0 bridgehead atoms. The fraction of sp³-hybridized carbons (Fsp3) is 0.381. The third kappa shape index (κ3) is 4.63. The summed E-state index contributed by atoms with van der Waals surface area (Å²) >= 11 is 7.35. The molecule has 1 N–H and O–H groups in total. The maximum absolute atomic E-state index is 12.6. The van der Waals surface area contributed by atoms with E-state index in [1.165, 1.54) is 17.3 Å². The highest BCUT2D eigenvalue weighted by Crippen LogP contribution is 2.32. The average molecular weight is 400 g/mol. The molecule has 2 unspecified atom stereocenters. The lowest BCUT2D eigenvalue weighted by atomic mass is 9.87. The van der Waals surface area contributed by atoms with Crippen molar-refractivity contribution in [3.63, 3.8) is 0 Å². The summed E-state index contributed by atoms with van der Waals surface area (Å²) in [6.45, 7) is 5.97. The van der Waals surface area contributed by atoms with Gasteiger partial charge in [0, 0.05) is 16.4 Å². The van der Waals surface area contributed by atoms with E-state index in [-0.39, 0.29) is 11.2 Å². The largest absolute Gasteiger partial charge is 0.325 e. The summed E-state index contributed by atoms with van der Waals surface area (Å²) in [6.07, 6.45) is 3.00. The van der Waals surface area contributed by atoms with Crippen LogP contribution in [0, 0.1) is 24.2 Å². The number of fused-ring (bicyclic) bond motifs is 1. The Balaban J connectivity index is 1.77. The van der Waals surface area contributed by atoms with Crippen LogP contribution in [-0.4, -0.2) is 16.1 Å². The lowest BCUT2D eigenvalue weighted by Crippen LogP contribution is -2.23. The number of thioether (sulfide) groups is 1. The van der Waals surface area contributed by atoms with Gasteiger partial charge in [-0.15, -0.1) is 0 Å². The van der Waals surface area contributed by atoms with Gasteiger partial charge in [0.1, 0.15) is 11.1 Å². The number of nitrogens with zero attached hydrogens (tertiary/aromatic N) is 2. The van der Waals surface area contributed by atoms with Crippen LogP contribution < -0.4 is 5.32 Å². The highest BCUT2D eigenvalue weighted by Gasteiger charge is 2.22. The number of aryl methyl sites for hydroxylation is 2. The number of anilines is 1. The molecule has 1 aromatic heterocycles. The van der Waals surface area contributed by atoms with Crippen LogP contribution in [0.15, 0.2) is 29.3 Å². The molecule has 140 valence electrons. The summed E-state index contributed by atoms with van der Waals surface area (Å²) in [4.78, 5) is 17.3. The van der Waals surface area contributed by atoms with E-state index in [1.807, 2.05) is 26.0 Å². The number of benzene rings is 1. The topological polar surface area (TPSA) is 65.8 Å². The van der Waals surface area contributed by atoms with Crippen LogP contribution in [0.5, 0.6) is 0 Å². The molecule has 6 heteroatoms. The van der Waals surface area contributed by atoms with Crippen LogP contribution in [-0.2, 0) is 17.6 Å². The van der Waals surface area contributed by atoms with Gasteiger partial charge in [-0.25, -0.2) is 4.98 Å². The van der Waals surface area contributed by atoms with Gasteiger partial charge in [-0.3, -0.25) is 4.79 Å². The van der Waals surface area contributed by atoms with Crippen LogP contribution >= 0.6 is 23.4 Å². The first-order valence-electron chi connectivity index (χ1n) is 9.04. The fourth-order valence-electron chi connectivity index (χ4n) is 3.18. The molecule has 0 spiro atoms. The van der Waals surface area contributed by atoms with Gasteiger partial charge in [0.05, 0.1) is 10.8 Å². The molecule has 1 aliphatic rings. The van der Waals surface area contributed by atoms with Gasteiger partial charge in [0.15, 0.2) is 0 Å². The van der Waals surface area contributed by atoms with E-state index in [9.17, 15) is 10.1 Å². The minimum absolute atomic E-state index is 0.137. The zero-order valence-corrected chi connectivity index (χ0v) is 17.2. The van der Waals surface area contributed by atoms with Gasteiger partial charge < -0.3 is 5.32 Å². The van der Waals surface area contributed by atoms with Crippen LogP contribution in [0.4, 0.5) is 5.69 Å². The standard InChI is InChI=1S/C21H22ClN3OS/c1-12-4-7-18-15(8-12)9-16(11-23)21(25-18)27-14(3)20(26)24-19-10-17(22)6-5-13(19)2/h5-6,9-10,12,14H,4,7-8H2,1-3H3,(H,24,26). The van der Waals surface area contributed by atoms with Crippen molar-refractivity contribution in [2.75, 3.05) is 5.32 Å². The van der Waals surface area contributed by atoms with Gasteiger partial charge in [-0.2, -0.15) is 5.26 Å². The van der Waals surface area contributed by atoms with Gasteiger partial charge >= 0.3 is 0 Å². The molecule has 27 heavy (non-hydrogen) atoms. The van der Waals surface area contributed by atoms with Crippen molar-refractivity contribution in [3.8, 4) is 6.07 Å². The van der Waals surface area contributed by atoms with Crippen molar-refractivity contribution in [2.24, 2.45) is 5.92 Å². The molecule has 0 aliphatic heterocycles. The number of pyridine rings is 1. The Morgan fingerprint density at radius 2 is 2.22 bits per heavy atom. The lowest BCUT2D eigenvalue weighted by Gasteiger charge is -2.22. The summed E-state index contributed by atoms with van der Waals surface area (Å²) in [5.74, 6) is 0.484. The van der Waals surface area contributed by atoms with E-state index in [1.54, 1.807) is 12.1 Å². The lowest BCUT2D eigenvalue weighted by molar-refractivity contribution is -0.115. The molecule has 2 atom stereocenters. The monoisotopic (exact) mass is 399 g/mol. The minimum atomic E-state index is -0.386. The second-order valence-electron chi connectivity index (χ2n) is 7.12. The number of hydrogen-bond acceptors (Lipinski definition) is 4. The van der Waals surface area contributed by atoms with Crippen molar-refractivity contribution in [1.82, 2.24) is 4.98 Å². The summed E-state index contributed by atoms with van der Waals surface area (Å²) < 4.78 is 0. The predicted molar refractivity (Wildman–Crippen MR) is 110 cm³/mol. The summed E-state index contributed by atoms with van der Waals surface area (Å²) in [5, 5.41) is 13.3. The van der Waals surface area contributed by atoms with Gasteiger partial charge in [0.25, 0.3) is 0 Å². The van der Waals surface area contributed by atoms with Crippen molar-refractivity contribution in [1.29, 1.82) is 5.26 Å². The number of carbonyl (C=O) groups excluding carboxylic acids is 1. The van der Waals surface area contributed by atoms with Crippen LogP contribution in [0.3, 0.4) is 0 Å². The molecule has 0 saturated carbocycles. The molecular formula is C21H22ClN3OS. The van der Waals surface area contributed by atoms with Crippen LogP contribution in [0.2, 0.25) is 5.02 Å². The Kier molecular flexibility index (Phi) is 6.08. The highest BCUT2D eigenvalue weighted by molar-refractivity contribution is 8.00. The zero-order valence-electron chi connectivity index (χ0n) is 15.7. The van der Waals surface area contributed by atoms with Crippen molar-refractivity contribution < 1.29 is 4.79 Å². The Morgan fingerprint density at radius 1 is 1.44 bits per heavy atom. The Labute approximate surface area is 169 Å². The van der Waals surface area contributed by atoms with E-state index in [2.05, 4.69) is 18.3 Å². The quantitative estimate of drug-likeness (QED) is 0.721. The number of amides is 1. The zero-order chi connectivity index (χ0) is 19.6. The molecule has 0 fully saturated rings. The van der Waals surface area contributed by atoms with Gasteiger partial charge in [0.2, 0.25) is 5.91 Å². The Bertz CT molecular complexity index is 922. The fourth-order valence-corrected chi connectivity index (χ4v) is 4.25. The third-order valence-corrected chi connectivity index (χ3v) is 6.17. The highest BCUT2D eigenvalue weighted by atomic mass is 35.5. The van der Waals surface area contributed by atoms with Gasteiger partial charge in [-0.1, -0.05) is 36.4 Å². The van der Waals surface area contributed by atoms with E-state index in [0.717, 1.165) is 30.5 Å². The molecule has 1 heterocycles. The Morgan fingerprint density at radius 3 is 2.96 bits per heavy atom. The maximum atomic E-state index is 12.6. The second kappa shape index (κ2) is 8.33. The number of aromatic nitrogens is 1. The SMILES string of the molecule is Cc1ccc(Cl)cc1NC(=O)C(C)Sc1nc2c(cc1C#N)CC(C)CC2. The van der Waals surface area contributed by atoms with Crippen molar-refractivity contribution in [3.05, 3.63) is 51.7 Å². The number of rotatable bonds is 4. The van der Waals surface area contributed by atoms with Crippen LogP contribution in [0.25, 0.3) is 0 Å². The van der Waals surface area contributed by atoms with E-state index in [4.69, 9.17) is 16.6 Å². The van der Waals surface area contributed by atoms with Crippen molar-refractivity contribution >= 4 is 35.0 Å². The molecule has 2 aromatic rings. The third-order valence-electron chi connectivity index (χ3n) is 4.83. The first-order chi connectivity index (χ1) is 12.9. The molecule has 0 radical (unpaired) electrons. The number of halogens is 1. The molecule has 4 nitrogen and oxygen atoms in total. The number of nitriles is 1. The first kappa shape index (κ1) is 19.7. The molecule has 1 aromatic carbocycles. The van der Waals surface area contributed by atoms with Gasteiger partial charge in [-0.05, 0) is 68.4 Å². The van der Waals surface area contributed by atoms with Crippen molar-refractivity contribution in [2.45, 2.75) is 50.3 Å². The van der Waals surface area contributed by atoms with E-state index < -0.39 is 0 Å². The van der Waals surface area contributed by atoms with E-state index in [0.29, 0.717) is 27.2 Å². The summed E-state index contributed by atoms with van der Waals surface area (Å²) in [6, 6.07) is 9.59. The smallest absolute Gasteiger partial charge is 0.237 e. The average Bonchev–Trinajstić information content (AvgIpc) is 2.64. The molecule has 0 saturated heterocycles. The molecular weight excluding hydrogens is 378 g/mol. The normalized spacial score (nSPS) is 16.9. The summed E-state index contributed by atoms with van der Waals surface area (Å²) in [7, 11) is 0. The second-order valence-corrected chi connectivity index (χ2v) is 8.88. The number of carbonyl (C=O) groups is 1.